The fraction of sp³-hybridized carbons (Fsp3) is 0.200. The summed E-state index contributed by atoms with van der Waals surface area (Å²) in [5, 5.41) is 0.821. The third-order valence-corrected chi connectivity index (χ3v) is 3.33. The molecular formula is C15H12Cl2F3NO2. The van der Waals surface area contributed by atoms with Gasteiger partial charge in [0.05, 0.1) is 0 Å². The maximum Gasteiger partial charge on any atom is 0.573 e. The number of ether oxygens (including phenoxy) is 2. The lowest BCUT2D eigenvalue weighted by atomic mass is 10.1. The van der Waals surface area contributed by atoms with Crippen LogP contribution in [0.3, 0.4) is 0 Å². The third kappa shape index (κ3) is 4.92. The molecule has 0 saturated carbocycles. The van der Waals surface area contributed by atoms with Gasteiger partial charge < -0.3 is 15.2 Å². The fourth-order valence-electron chi connectivity index (χ4n) is 1.89. The second kappa shape index (κ2) is 7.29. The molecule has 0 unspecified atom stereocenters. The number of benzene rings is 2. The van der Waals surface area contributed by atoms with Crippen LogP contribution in [-0.4, -0.2) is 19.5 Å². The average Bonchev–Trinajstić information content (AvgIpc) is 2.45. The zero-order valence-corrected chi connectivity index (χ0v) is 13.2. The highest BCUT2D eigenvalue weighted by atomic mass is 35.5. The van der Waals surface area contributed by atoms with Gasteiger partial charge in [0.15, 0.2) is 11.5 Å². The van der Waals surface area contributed by atoms with Crippen molar-refractivity contribution in [3.63, 3.8) is 0 Å². The molecule has 0 aliphatic carbocycles. The Balaban J connectivity index is 2.42. The van der Waals surface area contributed by atoms with Crippen LogP contribution in [0.5, 0.6) is 11.5 Å². The normalized spacial score (nSPS) is 11.4. The smallest absolute Gasteiger partial charge is 0.488 e. The maximum absolute atomic E-state index is 12.4. The van der Waals surface area contributed by atoms with Gasteiger partial charge in [-0.15, -0.1) is 13.2 Å². The summed E-state index contributed by atoms with van der Waals surface area (Å²) >= 11 is 11.9. The minimum atomic E-state index is -4.82. The Bertz CT molecular complexity index is 693. The Labute approximate surface area is 140 Å². The Morgan fingerprint density at radius 2 is 1.74 bits per heavy atom. The predicted molar refractivity (Wildman–Crippen MR) is 83.1 cm³/mol. The van der Waals surface area contributed by atoms with E-state index in [2.05, 4.69) is 4.74 Å². The summed E-state index contributed by atoms with van der Waals surface area (Å²) in [6, 6.07) is 8.86. The van der Waals surface area contributed by atoms with Gasteiger partial charge in [-0.1, -0.05) is 35.3 Å². The van der Waals surface area contributed by atoms with Crippen LogP contribution >= 0.6 is 23.2 Å². The van der Waals surface area contributed by atoms with E-state index in [1.807, 2.05) is 0 Å². The van der Waals surface area contributed by atoms with Gasteiger partial charge in [0, 0.05) is 22.2 Å². The van der Waals surface area contributed by atoms with Crippen molar-refractivity contribution in [3.8, 4) is 22.6 Å². The van der Waals surface area contributed by atoms with Gasteiger partial charge in [-0.2, -0.15) is 0 Å². The van der Waals surface area contributed by atoms with Gasteiger partial charge >= 0.3 is 6.36 Å². The lowest BCUT2D eigenvalue weighted by molar-refractivity contribution is -0.275. The van der Waals surface area contributed by atoms with E-state index in [-0.39, 0.29) is 18.9 Å². The van der Waals surface area contributed by atoms with Crippen molar-refractivity contribution in [1.29, 1.82) is 0 Å². The molecular weight excluding hydrogens is 354 g/mol. The van der Waals surface area contributed by atoms with Crippen molar-refractivity contribution >= 4 is 23.2 Å². The van der Waals surface area contributed by atoms with Crippen LogP contribution in [0.15, 0.2) is 36.4 Å². The van der Waals surface area contributed by atoms with Gasteiger partial charge in [-0.05, 0) is 29.8 Å². The van der Waals surface area contributed by atoms with Crippen molar-refractivity contribution in [2.75, 3.05) is 13.2 Å². The lowest BCUT2D eigenvalue weighted by Gasteiger charge is -2.15. The van der Waals surface area contributed by atoms with Crippen LogP contribution in [0.2, 0.25) is 10.0 Å². The number of halogens is 5. The van der Waals surface area contributed by atoms with Crippen molar-refractivity contribution in [2.24, 2.45) is 5.73 Å². The molecule has 23 heavy (non-hydrogen) atoms. The molecule has 0 aliphatic heterocycles. The minimum absolute atomic E-state index is 0.0476. The van der Waals surface area contributed by atoms with E-state index < -0.39 is 12.1 Å². The summed E-state index contributed by atoms with van der Waals surface area (Å²) in [6.45, 7) is 0.198. The van der Waals surface area contributed by atoms with Crippen molar-refractivity contribution in [2.45, 2.75) is 6.36 Å². The number of nitrogens with two attached hydrogens (primary N) is 1. The first kappa shape index (κ1) is 17.7. The molecule has 2 aromatic carbocycles. The van der Waals surface area contributed by atoms with E-state index in [0.29, 0.717) is 21.2 Å². The zero-order chi connectivity index (χ0) is 17.0. The molecule has 0 bridgehead atoms. The molecule has 3 nitrogen and oxygen atoms in total. The molecule has 8 heteroatoms. The highest BCUT2D eigenvalue weighted by molar-refractivity contribution is 6.36. The molecule has 0 amide bonds. The highest BCUT2D eigenvalue weighted by Crippen LogP contribution is 2.38. The highest BCUT2D eigenvalue weighted by Gasteiger charge is 2.32. The predicted octanol–water partition coefficient (Wildman–Crippen LogP) is 4.90. The first-order valence-electron chi connectivity index (χ1n) is 6.48. The van der Waals surface area contributed by atoms with Crippen LogP contribution in [0, 0.1) is 0 Å². The molecule has 0 saturated heterocycles. The van der Waals surface area contributed by atoms with Gasteiger partial charge in [-0.3, -0.25) is 0 Å². The van der Waals surface area contributed by atoms with E-state index in [1.54, 1.807) is 18.2 Å². The molecule has 2 N–H and O–H groups in total. The number of hydrogen-bond donors (Lipinski definition) is 1. The van der Waals surface area contributed by atoms with Crippen molar-refractivity contribution in [3.05, 3.63) is 46.4 Å². The van der Waals surface area contributed by atoms with Crippen molar-refractivity contribution < 1.29 is 22.6 Å². The quantitative estimate of drug-likeness (QED) is 0.819. The Morgan fingerprint density at radius 3 is 2.35 bits per heavy atom. The molecule has 0 radical (unpaired) electrons. The number of rotatable bonds is 5. The third-order valence-electron chi connectivity index (χ3n) is 2.79. The Morgan fingerprint density at radius 1 is 1.00 bits per heavy atom. The molecule has 0 aromatic heterocycles. The molecule has 124 valence electrons. The molecule has 0 fully saturated rings. The SMILES string of the molecule is NCCOc1cc(-c2ccc(Cl)cc2Cl)ccc1OC(F)(F)F. The van der Waals surface area contributed by atoms with Gasteiger partial charge in [0.25, 0.3) is 0 Å². The number of hydrogen-bond acceptors (Lipinski definition) is 3. The fourth-order valence-corrected chi connectivity index (χ4v) is 2.41. The first-order valence-corrected chi connectivity index (χ1v) is 7.24. The summed E-state index contributed by atoms with van der Waals surface area (Å²) < 4.78 is 46.5. The van der Waals surface area contributed by atoms with Crippen molar-refractivity contribution in [1.82, 2.24) is 0 Å². The van der Waals surface area contributed by atoms with E-state index in [4.69, 9.17) is 33.7 Å². The summed E-state index contributed by atoms with van der Waals surface area (Å²) in [6.07, 6.45) is -4.82. The van der Waals surface area contributed by atoms with E-state index in [1.165, 1.54) is 18.2 Å². The largest absolute Gasteiger partial charge is 0.573 e. The van der Waals surface area contributed by atoms with Crippen LogP contribution in [-0.2, 0) is 0 Å². The van der Waals surface area contributed by atoms with E-state index in [9.17, 15) is 13.2 Å². The van der Waals surface area contributed by atoms with Gasteiger partial charge in [-0.25, -0.2) is 0 Å². The summed E-state index contributed by atoms with van der Waals surface area (Å²) in [5.41, 5.74) is 6.49. The molecule has 0 atom stereocenters. The second-order valence-corrected chi connectivity index (χ2v) is 5.31. The van der Waals surface area contributed by atoms with E-state index in [0.717, 1.165) is 0 Å². The number of alkyl halides is 3. The van der Waals surface area contributed by atoms with Gasteiger partial charge in [0.2, 0.25) is 0 Å². The first-order chi connectivity index (χ1) is 10.8. The average molecular weight is 366 g/mol. The molecule has 2 rings (SSSR count). The minimum Gasteiger partial charge on any atom is -0.488 e. The second-order valence-electron chi connectivity index (χ2n) is 4.47. The molecule has 2 aromatic rings. The van der Waals surface area contributed by atoms with Crippen LogP contribution in [0.4, 0.5) is 13.2 Å². The summed E-state index contributed by atoms with van der Waals surface area (Å²) in [5.74, 6) is -0.518. The summed E-state index contributed by atoms with van der Waals surface area (Å²) in [7, 11) is 0. The summed E-state index contributed by atoms with van der Waals surface area (Å²) in [4.78, 5) is 0. The van der Waals surface area contributed by atoms with Crippen LogP contribution in [0.1, 0.15) is 0 Å². The van der Waals surface area contributed by atoms with Crippen LogP contribution < -0.4 is 15.2 Å². The lowest BCUT2D eigenvalue weighted by Crippen LogP contribution is -2.18. The van der Waals surface area contributed by atoms with Gasteiger partial charge in [0.1, 0.15) is 6.61 Å². The van der Waals surface area contributed by atoms with Crippen LogP contribution in [0.25, 0.3) is 11.1 Å². The zero-order valence-electron chi connectivity index (χ0n) is 11.7. The standard InChI is InChI=1S/C15H12Cl2F3NO2/c16-10-2-3-11(12(17)8-10)9-1-4-13(23-15(18,19)20)14(7-9)22-6-5-21/h1-4,7-8H,5-6,21H2. The Kier molecular flexibility index (Phi) is 5.62. The molecule has 0 spiro atoms. The Hall–Kier alpha value is -1.63. The topological polar surface area (TPSA) is 44.5 Å². The maximum atomic E-state index is 12.4. The van der Waals surface area contributed by atoms with E-state index >= 15 is 0 Å². The molecule has 0 aliphatic rings. The monoisotopic (exact) mass is 365 g/mol. The molecule has 0 heterocycles.